The number of nitrogens with zero attached hydrogens (tertiary/aromatic N) is 2. The average molecular weight is 357 g/mol. The van der Waals surface area contributed by atoms with Gasteiger partial charge >= 0.3 is 35.5 Å². The summed E-state index contributed by atoms with van der Waals surface area (Å²) in [6, 6.07) is 3.06. The molecule has 0 radical (unpaired) electrons. The van der Waals surface area contributed by atoms with Gasteiger partial charge in [-0.15, -0.1) is 0 Å². The Morgan fingerprint density at radius 2 is 2.16 bits per heavy atom. The van der Waals surface area contributed by atoms with Gasteiger partial charge in [0.15, 0.2) is 0 Å². The number of fused-ring (bicyclic) bond motifs is 1. The van der Waals surface area contributed by atoms with Crippen LogP contribution >= 0.6 is 0 Å². The molecule has 3 rings (SSSR count). The fraction of sp³-hybridized carbons (Fsp3) is 0.412. The summed E-state index contributed by atoms with van der Waals surface area (Å²) >= 11 is 0. The number of carboxylic acid groups (broad SMARTS) is 1. The summed E-state index contributed by atoms with van der Waals surface area (Å²) in [5, 5.41) is 12.6. The summed E-state index contributed by atoms with van der Waals surface area (Å²) < 4.78 is 16.3. The van der Waals surface area contributed by atoms with Gasteiger partial charge in [0.2, 0.25) is 5.43 Å². The van der Waals surface area contributed by atoms with Crippen molar-refractivity contribution in [2.75, 3.05) is 24.5 Å². The van der Waals surface area contributed by atoms with Crippen molar-refractivity contribution in [2.45, 2.75) is 26.4 Å². The first kappa shape index (κ1) is 19.9. The first-order chi connectivity index (χ1) is 11.4. The Bertz CT molecular complexity index is 868. The van der Waals surface area contributed by atoms with Crippen LogP contribution in [0.15, 0.2) is 23.1 Å². The second-order valence-corrected chi connectivity index (χ2v) is 6.09. The standard InChI is InChI=1S/C17H20FN3O3.Na.H/c1-3-20-9-12(17(23)24)16(22)11-6-13(18)15(7-14(11)20)21-5-4-19-10(2)8-21;;/h6-7,9-10,19H,3-5,8H2,1-2H3,(H,23,24);;. The molecule has 1 fully saturated rings. The number of aromatic carboxylic acids is 1. The second kappa shape index (κ2) is 7.86. The molecule has 8 heteroatoms. The number of pyridine rings is 1. The number of carbonyl (C=O) groups is 1. The fourth-order valence-corrected chi connectivity index (χ4v) is 3.21. The van der Waals surface area contributed by atoms with Gasteiger partial charge in [-0.05, 0) is 26.0 Å². The minimum atomic E-state index is -1.30. The number of carboxylic acids is 1. The number of anilines is 1. The van der Waals surface area contributed by atoms with Crippen molar-refractivity contribution in [3.05, 3.63) is 39.9 Å². The van der Waals surface area contributed by atoms with Gasteiger partial charge < -0.3 is 19.9 Å². The average Bonchev–Trinajstić information content (AvgIpc) is 2.55. The molecule has 0 spiro atoms. The molecule has 0 bridgehead atoms. The van der Waals surface area contributed by atoms with Crippen LogP contribution in [0.25, 0.3) is 10.9 Å². The normalized spacial score (nSPS) is 17.4. The van der Waals surface area contributed by atoms with Crippen LogP contribution in [0.2, 0.25) is 0 Å². The van der Waals surface area contributed by atoms with E-state index >= 15 is 0 Å². The SMILES string of the molecule is CCn1cc(C(=O)O)c(=O)c2cc(F)c(N3CCNC(C)C3)cc21.[NaH]. The van der Waals surface area contributed by atoms with Crippen molar-refractivity contribution in [1.82, 2.24) is 9.88 Å². The maximum atomic E-state index is 14.6. The molecule has 2 heterocycles. The molecule has 6 nitrogen and oxygen atoms in total. The van der Waals surface area contributed by atoms with Gasteiger partial charge in [-0.25, -0.2) is 9.18 Å². The van der Waals surface area contributed by atoms with E-state index in [1.807, 2.05) is 18.7 Å². The number of aryl methyl sites for hydroxylation is 1. The third kappa shape index (κ3) is 3.74. The number of nitrogens with one attached hydrogen (secondary N) is 1. The molecule has 1 unspecified atom stereocenters. The zero-order chi connectivity index (χ0) is 17.4. The summed E-state index contributed by atoms with van der Waals surface area (Å²) in [5.41, 5.74) is 0.00392. The van der Waals surface area contributed by atoms with Gasteiger partial charge in [-0.1, -0.05) is 0 Å². The van der Waals surface area contributed by atoms with Crippen LogP contribution in [0.1, 0.15) is 24.2 Å². The molecule has 1 aromatic heterocycles. The van der Waals surface area contributed by atoms with Crippen molar-refractivity contribution in [1.29, 1.82) is 0 Å². The van der Waals surface area contributed by atoms with Crippen LogP contribution in [-0.4, -0.2) is 70.9 Å². The number of piperazine rings is 1. The molecule has 1 saturated heterocycles. The Morgan fingerprint density at radius 1 is 1.44 bits per heavy atom. The van der Waals surface area contributed by atoms with Crippen LogP contribution < -0.4 is 15.6 Å². The zero-order valence-corrected chi connectivity index (χ0v) is 13.7. The van der Waals surface area contributed by atoms with Crippen molar-refractivity contribution in [2.24, 2.45) is 0 Å². The first-order valence-electron chi connectivity index (χ1n) is 8.00. The monoisotopic (exact) mass is 357 g/mol. The molecular formula is C17H21FN3NaO3. The summed E-state index contributed by atoms with van der Waals surface area (Å²) in [4.78, 5) is 25.5. The molecular weight excluding hydrogens is 336 g/mol. The van der Waals surface area contributed by atoms with E-state index in [0.717, 1.165) is 12.6 Å². The first-order valence-corrected chi connectivity index (χ1v) is 8.00. The third-order valence-corrected chi connectivity index (χ3v) is 4.43. The molecule has 1 aliphatic heterocycles. The minimum absolute atomic E-state index is 0. The maximum absolute atomic E-state index is 14.6. The zero-order valence-electron chi connectivity index (χ0n) is 13.7. The molecule has 130 valence electrons. The van der Waals surface area contributed by atoms with E-state index < -0.39 is 17.2 Å². The van der Waals surface area contributed by atoms with Crippen molar-refractivity contribution in [3.63, 3.8) is 0 Å². The quantitative estimate of drug-likeness (QED) is 0.802. The van der Waals surface area contributed by atoms with Crippen LogP contribution in [0, 0.1) is 5.82 Å². The Morgan fingerprint density at radius 3 is 2.76 bits per heavy atom. The summed E-state index contributed by atoms with van der Waals surface area (Å²) in [6.07, 6.45) is 1.33. The van der Waals surface area contributed by atoms with Crippen molar-refractivity contribution < 1.29 is 14.3 Å². The van der Waals surface area contributed by atoms with Crippen LogP contribution in [-0.2, 0) is 6.54 Å². The molecule has 1 atom stereocenters. The van der Waals surface area contributed by atoms with Crippen molar-refractivity contribution in [3.8, 4) is 0 Å². The van der Waals surface area contributed by atoms with Gasteiger partial charge in [0.1, 0.15) is 11.4 Å². The van der Waals surface area contributed by atoms with Gasteiger partial charge in [0, 0.05) is 43.8 Å². The van der Waals surface area contributed by atoms with E-state index in [0.29, 0.717) is 30.8 Å². The Labute approximate surface area is 166 Å². The molecule has 2 aromatic rings. The van der Waals surface area contributed by atoms with Crippen LogP contribution in [0.3, 0.4) is 0 Å². The van der Waals surface area contributed by atoms with E-state index in [4.69, 9.17) is 0 Å². The Kier molecular flexibility index (Phi) is 6.26. The number of halogens is 1. The van der Waals surface area contributed by atoms with Gasteiger partial charge in [-0.3, -0.25) is 4.79 Å². The number of benzene rings is 1. The number of hydrogen-bond donors (Lipinski definition) is 2. The summed E-state index contributed by atoms with van der Waals surface area (Å²) in [7, 11) is 0. The second-order valence-electron chi connectivity index (χ2n) is 6.09. The number of rotatable bonds is 3. The Balaban J connectivity index is 0.00000225. The van der Waals surface area contributed by atoms with E-state index in [9.17, 15) is 19.1 Å². The topological polar surface area (TPSA) is 74.6 Å². The van der Waals surface area contributed by atoms with Gasteiger partial charge in [0.05, 0.1) is 11.2 Å². The molecule has 0 amide bonds. The molecule has 0 saturated carbocycles. The van der Waals surface area contributed by atoms with Gasteiger partial charge in [-0.2, -0.15) is 0 Å². The molecule has 2 N–H and O–H groups in total. The fourth-order valence-electron chi connectivity index (χ4n) is 3.21. The molecule has 1 aromatic carbocycles. The van der Waals surface area contributed by atoms with E-state index in [2.05, 4.69) is 5.32 Å². The summed E-state index contributed by atoms with van der Waals surface area (Å²) in [5.74, 6) is -1.80. The predicted molar refractivity (Wildman–Crippen MR) is 97.6 cm³/mol. The van der Waals surface area contributed by atoms with Crippen LogP contribution in [0.4, 0.5) is 10.1 Å². The van der Waals surface area contributed by atoms with E-state index in [1.54, 1.807) is 10.6 Å². The van der Waals surface area contributed by atoms with E-state index in [-0.39, 0.29) is 46.5 Å². The number of hydrogen-bond acceptors (Lipinski definition) is 4. The van der Waals surface area contributed by atoms with E-state index in [1.165, 1.54) is 6.20 Å². The van der Waals surface area contributed by atoms with Gasteiger partial charge in [0.25, 0.3) is 0 Å². The predicted octanol–water partition coefficient (Wildman–Crippen LogP) is 1.01. The molecule has 25 heavy (non-hydrogen) atoms. The molecule has 1 aliphatic rings. The molecule has 0 aliphatic carbocycles. The summed E-state index contributed by atoms with van der Waals surface area (Å²) in [6.45, 7) is 6.48. The van der Waals surface area contributed by atoms with Crippen molar-refractivity contribution >= 4 is 52.1 Å². The third-order valence-electron chi connectivity index (χ3n) is 4.43. The van der Waals surface area contributed by atoms with Crippen LogP contribution in [0.5, 0.6) is 0 Å². The Hall–Kier alpha value is -1.41. The number of aromatic nitrogens is 1.